The maximum atomic E-state index is 12.3. The Hall–Kier alpha value is -1.82. The van der Waals surface area contributed by atoms with E-state index in [2.05, 4.69) is 40.2 Å². The molecule has 1 atom stereocenters. The molecule has 2 amide bonds. The Morgan fingerprint density at radius 1 is 1.35 bits per heavy atom. The van der Waals surface area contributed by atoms with Crippen LogP contribution in [0.3, 0.4) is 0 Å². The summed E-state index contributed by atoms with van der Waals surface area (Å²) < 4.78 is 2.13. The highest BCUT2D eigenvalue weighted by Gasteiger charge is 2.27. The standard InChI is InChI=1S/C17H28N4O2/c1-13(17(23)19(2)3)18-16(22)14-7-10-21(11-8-14)12-15-6-5-9-20(15)4/h5-6,9,13-14H,7-8,10-12H2,1-4H3,(H,18,22). The first-order valence-corrected chi connectivity index (χ1v) is 8.22. The van der Waals surface area contributed by atoms with Crippen LogP contribution >= 0.6 is 0 Å². The van der Waals surface area contributed by atoms with Gasteiger partial charge in [-0.25, -0.2) is 0 Å². The number of nitrogens with one attached hydrogen (secondary N) is 1. The molecule has 1 aromatic heterocycles. The number of likely N-dealkylation sites (N-methyl/N-ethyl adjacent to an activating group) is 1. The average molecular weight is 320 g/mol. The van der Waals surface area contributed by atoms with Crippen LogP contribution in [0.1, 0.15) is 25.5 Å². The van der Waals surface area contributed by atoms with Gasteiger partial charge >= 0.3 is 0 Å². The monoisotopic (exact) mass is 320 g/mol. The highest BCUT2D eigenvalue weighted by Crippen LogP contribution is 2.19. The summed E-state index contributed by atoms with van der Waals surface area (Å²) in [6.45, 7) is 4.50. The van der Waals surface area contributed by atoms with Gasteiger partial charge < -0.3 is 14.8 Å². The van der Waals surface area contributed by atoms with Crippen molar-refractivity contribution < 1.29 is 9.59 Å². The molecule has 23 heavy (non-hydrogen) atoms. The zero-order valence-corrected chi connectivity index (χ0v) is 14.6. The number of hydrogen-bond acceptors (Lipinski definition) is 3. The van der Waals surface area contributed by atoms with E-state index in [-0.39, 0.29) is 17.7 Å². The average Bonchev–Trinajstić information content (AvgIpc) is 2.92. The number of rotatable bonds is 5. The van der Waals surface area contributed by atoms with Gasteiger partial charge in [-0.2, -0.15) is 0 Å². The highest BCUT2D eigenvalue weighted by atomic mass is 16.2. The lowest BCUT2D eigenvalue weighted by Gasteiger charge is -2.32. The van der Waals surface area contributed by atoms with Crippen LogP contribution in [0.15, 0.2) is 18.3 Å². The third kappa shape index (κ3) is 4.58. The van der Waals surface area contributed by atoms with Gasteiger partial charge in [-0.05, 0) is 45.0 Å². The first kappa shape index (κ1) is 17.5. The first-order chi connectivity index (χ1) is 10.9. The minimum absolute atomic E-state index is 0.00576. The molecule has 0 aliphatic carbocycles. The largest absolute Gasteiger partial charge is 0.353 e. The van der Waals surface area contributed by atoms with Crippen LogP contribution in [0.25, 0.3) is 0 Å². The van der Waals surface area contributed by atoms with Crippen molar-refractivity contribution >= 4 is 11.8 Å². The van der Waals surface area contributed by atoms with E-state index in [1.54, 1.807) is 21.0 Å². The summed E-state index contributed by atoms with van der Waals surface area (Å²) >= 11 is 0. The number of aromatic nitrogens is 1. The summed E-state index contributed by atoms with van der Waals surface area (Å²) in [7, 11) is 5.46. The van der Waals surface area contributed by atoms with Crippen LogP contribution in [0.4, 0.5) is 0 Å². The topological polar surface area (TPSA) is 57.6 Å². The smallest absolute Gasteiger partial charge is 0.244 e. The molecule has 1 aromatic rings. The van der Waals surface area contributed by atoms with Crippen molar-refractivity contribution in [2.24, 2.45) is 13.0 Å². The molecule has 2 rings (SSSR count). The number of carbonyl (C=O) groups excluding carboxylic acids is 2. The number of piperidine rings is 1. The minimum Gasteiger partial charge on any atom is -0.353 e. The number of likely N-dealkylation sites (tertiary alicyclic amines) is 1. The summed E-state index contributed by atoms with van der Waals surface area (Å²) in [5.74, 6) is -0.0530. The summed E-state index contributed by atoms with van der Waals surface area (Å²) in [4.78, 5) is 28.0. The molecule has 0 bridgehead atoms. The van der Waals surface area contributed by atoms with E-state index in [0.717, 1.165) is 32.5 Å². The van der Waals surface area contributed by atoms with Crippen molar-refractivity contribution in [3.05, 3.63) is 24.0 Å². The molecule has 1 N–H and O–H groups in total. The number of hydrogen-bond donors (Lipinski definition) is 1. The molecule has 1 fully saturated rings. The van der Waals surface area contributed by atoms with Crippen LogP contribution in [0.2, 0.25) is 0 Å². The van der Waals surface area contributed by atoms with Gasteiger partial charge in [0.25, 0.3) is 0 Å². The van der Waals surface area contributed by atoms with Crippen molar-refractivity contribution in [1.82, 2.24) is 19.7 Å². The molecular formula is C17H28N4O2. The van der Waals surface area contributed by atoms with Crippen molar-refractivity contribution in [2.75, 3.05) is 27.2 Å². The fourth-order valence-corrected chi connectivity index (χ4v) is 3.02. The van der Waals surface area contributed by atoms with Gasteiger partial charge in [0.2, 0.25) is 11.8 Å². The normalized spacial score (nSPS) is 17.7. The van der Waals surface area contributed by atoms with Gasteiger partial charge in [0.05, 0.1) is 0 Å². The molecule has 128 valence electrons. The molecule has 1 unspecified atom stereocenters. The van der Waals surface area contributed by atoms with Crippen molar-refractivity contribution in [3.63, 3.8) is 0 Å². The maximum absolute atomic E-state index is 12.3. The van der Waals surface area contributed by atoms with E-state index in [4.69, 9.17) is 0 Å². The van der Waals surface area contributed by atoms with Gasteiger partial charge in [0, 0.05) is 45.5 Å². The fraction of sp³-hybridized carbons (Fsp3) is 0.647. The molecule has 1 aliphatic heterocycles. The molecule has 6 nitrogen and oxygen atoms in total. The van der Waals surface area contributed by atoms with E-state index in [0.29, 0.717) is 0 Å². The second-order valence-corrected chi connectivity index (χ2v) is 6.62. The Morgan fingerprint density at radius 3 is 2.52 bits per heavy atom. The molecule has 0 saturated carbocycles. The van der Waals surface area contributed by atoms with E-state index in [1.165, 1.54) is 10.6 Å². The van der Waals surface area contributed by atoms with Crippen molar-refractivity contribution in [1.29, 1.82) is 0 Å². The number of nitrogens with zero attached hydrogens (tertiary/aromatic N) is 3. The van der Waals surface area contributed by atoms with Gasteiger partial charge in [0.1, 0.15) is 6.04 Å². The fourth-order valence-electron chi connectivity index (χ4n) is 3.02. The van der Waals surface area contributed by atoms with E-state index in [9.17, 15) is 9.59 Å². The summed E-state index contributed by atoms with van der Waals surface area (Å²) in [5.41, 5.74) is 1.29. The molecule has 0 spiro atoms. The van der Waals surface area contributed by atoms with Crippen LogP contribution in [0.5, 0.6) is 0 Å². The number of aryl methyl sites for hydroxylation is 1. The van der Waals surface area contributed by atoms with Crippen LogP contribution in [-0.2, 0) is 23.2 Å². The number of carbonyl (C=O) groups is 2. The Balaban J connectivity index is 1.78. The summed E-state index contributed by atoms with van der Waals surface area (Å²) in [6.07, 6.45) is 3.75. The lowest BCUT2D eigenvalue weighted by molar-refractivity contribution is -0.135. The van der Waals surface area contributed by atoms with E-state index in [1.807, 2.05) is 0 Å². The quantitative estimate of drug-likeness (QED) is 0.874. The van der Waals surface area contributed by atoms with Gasteiger partial charge in [0.15, 0.2) is 0 Å². The van der Waals surface area contributed by atoms with E-state index < -0.39 is 6.04 Å². The molecule has 0 radical (unpaired) electrons. The third-order valence-electron chi connectivity index (χ3n) is 4.57. The first-order valence-electron chi connectivity index (χ1n) is 8.22. The van der Waals surface area contributed by atoms with Gasteiger partial charge in [-0.3, -0.25) is 14.5 Å². The van der Waals surface area contributed by atoms with Gasteiger partial charge in [-0.1, -0.05) is 0 Å². The minimum atomic E-state index is -0.459. The SMILES string of the molecule is CC(NC(=O)C1CCN(Cc2cccn2C)CC1)C(=O)N(C)C. The second-order valence-electron chi connectivity index (χ2n) is 6.62. The number of amides is 2. The molecule has 1 saturated heterocycles. The van der Waals surface area contributed by atoms with E-state index >= 15 is 0 Å². The zero-order valence-electron chi connectivity index (χ0n) is 14.6. The Bertz CT molecular complexity index is 545. The lowest BCUT2D eigenvalue weighted by Crippen LogP contribution is -2.48. The van der Waals surface area contributed by atoms with Crippen molar-refractivity contribution in [3.8, 4) is 0 Å². The zero-order chi connectivity index (χ0) is 17.0. The van der Waals surface area contributed by atoms with Crippen molar-refractivity contribution in [2.45, 2.75) is 32.4 Å². The highest BCUT2D eigenvalue weighted by molar-refractivity contribution is 5.88. The molecular weight excluding hydrogens is 292 g/mol. The van der Waals surface area contributed by atoms with Crippen LogP contribution < -0.4 is 5.32 Å². The second kappa shape index (κ2) is 7.64. The molecule has 1 aliphatic rings. The predicted octanol–water partition coefficient (Wildman–Crippen LogP) is 0.830. The summed E-state index contributed by atoms with van der Waals surface area (Å²) in [6, 6.07) is 3.73. The Labute approximate surface area is 138 Å². The molecule has 2 heterocycles. The Kier molecular flexibility index (Phi) is 5.82. The maximum Gasteiger partial charge on any atom is 0.244 e. The van der Waals surface area contributed by atoms with Gasteiger partial charge in [-0.15, -0.1) is 0 Å². The third-order valence-corrected chi connectivity index (χ3v) is 4.57. The molecule has 0 aromatic carbocycles. The summed E-state index contributed by atoms with van der Waals surface area (Å²) in [5, 5.41) is 2.85. The molecule has 6 heteroatoms. The van der Waals surface area contributed by atoms with Crippen LogP contribution in [-0.4, -0.2) is 59.4 Å². The predicted molar refractivity (Wildman–Crippen MR) is 89.7 cm³/mol. The Morgan fingerprint density at radius 2 is 2.00 bits per heavy atom. The lowest BCUT2D eigenvalue weighted by atomic mass is 9.95. The van der Waals surface area contributed by atoms with Crippen LogP contribution in [0, 0.1) is 5.92 Å².